The average Bonchev–Trinajstić information content (AvgIpc) is 3.03. The van der Waals surface area contributed by atoms with Gasteiger partial charge in [-0.05, 0) is 46.5 Å². The predicted molar refractivity (Wildman–Crippen MR) is 132 cm³/mol. The Bertz CT molecular complexity index is 1490. The molecule has 6 rings (SSSR count). The highest BCUT2D eigenvalue weighted by atomic mass is 16.2. The summed E-state index contributed by atoms with van der Waals surface area (Å²) >= 11 is 0. The third kappa shape index (κ3) is 3.23. The molecule has 0 saturated heterocycles. The summed E-state index contributed by atoms with van der Waals surface area (Å²) < 4.78 is 1.98. The first-order valence-electron chi connectivity index (χ1n) is 11.1. The van der Waals surface area contributed by atoms with E-state index in [2.05, 4.69) is 24.3 Å². The van der Waals surface area contributed by atoms with Crippen molar-refractivity contribution >= 4 is 27.7 Å². The number of carbonyl (C=O) groups excluding carboxylic acids is 1. The molecule has 33 heavy (non-hydrogen) atoms. The SMILES string of the molecule is O=C(Cn1c2ccccc2c(=O)c2ccccc21)N1Cc2ccccc2-c2ccccc2C1. The molecule has 1 aliphatic rings. The van der Waals surface area contributed by atoms with E-state index in [0.717, 1.165) is 22.2 Å². The summed E-state index contributed by atoms with van der Waals surface area (Å²) in [5.41, 5.74) is 6.22. The fourth-order valence-electron chi connectivity index (χ4n) is 4.97. The Hall–Kier alpha value is -4.18. The highest BCUT2D eigenvalue weighted by molar-refractivity contribution is 5.95. The molecule has 4 aromatic carbocycles. The van der Waals surface area contributed by atoms with Crippen LogP contribution in [0.1, 0.15) is 11.1 Å². The topological polar surface area (TPSA) is 42.3 Å². The number of benzene rings is 4. The van der Waals surface area contributed by atoms with Crippen molar-refractivity contribution in [2.75, 3.05) is 0 Å². The number of para-hydroxylation sites is 2. The minimum atomic E-state index is 0.00234. The first kappa shape index (κ1) is 19.5. The Morgan fingerprint density at radius 2 is 1.09 bits per heavy atom. The number of nitrogens with zero attached hydrogens (tertiary/aromatic N) is 2. The second-order valence-corrected chi connectivity index (χ2v) is 8.51. The van der Waals surface area contributed by atoms with Crippen molar-refractivity contribution in [3.8, 4) is 11.1 Å². The second kappa shape index (κ2) is 7.75. The number of pyridine rings is 1. The number of rotatable bonds is 2. The van der Waals surface area contributed by atoms with Crippen LogP contribution in [0.5, 0.6) is 0 Å². The maximum absolute atomic E-state index is 13.7. The Balaban J connectivity index is 1.46. The van der Waals surface area contributed by atoms with Gasteiger partial charge in [0.2, 0.25) is 5.91 Å². The zero-order valence-corrected chi connectivity index (χ0v) is 18.1. The van der Waals surface area contributed by atoms with Gasteiger partial charge >= 0.3 is 0 Å². The number of hydrogen-bond acceptors (Lipinski definition) is 2. The van der Waals surface area contributed by atoms with Crippen molar-refractivity contribution < 1.29 is 4.79 Å². The number of amides is 1. The Morgan fingerprint density at radius 3 is 1.64 bits per heavy atom. The molecule has 1 aromatic heterocycles. The van der Waals surface area contributed by atoms with Crippen LogP contribution in [-0.4, -0.2) is 15.4 Å². The van der Waals surface area contributed by atoms with Crippen molar-refractivity contribution in [3.05, 3.63) is 118 Å². The van der Waals surface area contributed by atoms with Gasteiger partial charge in [0.05, 0.1) is 11.0 Å². The molecule has 2 heterocycles. The predicted octanol–water partition coefficient (Wildman–Crippen LogP) is 5.36. The molecule has 0 aliphatic carbocycles. The number of hydrogen-bond donors (Lipinski definition) is 0. The summed E-state index contributed by atoms with van der Waals surface area (Å²) in [6.45, 7) is 1.28. The second-order valence-electron chi connectivity index (χ2n) is 8.51. The van der Waals surface area contributed by atoms with E-state index in [1.54, 1.807) is 0 Å². The van der Waals surface area contributed by atoms with Crippen molar-refractivity contribution in [2.24, 2.45) is 0 Å². The molecule has 0 N–H and O–H groups in total. The minimum absolute atomic E-state index is 0.00234. The first-order valence-corrected chi connectivity index (χ1v) is 11.1. The van der Waals surface area contributed by atoms with Crippen LogP contribution >= 0.6 is 0 Å². The maximum Gasteiger partial charge on any atom is 0.243 e. The van der Waals surface area contributed by atoms with E-state index in [-0.39, 0.29) is 17.9 Å². The molecule has 0 spiro atoms. The van der Waals surface area contributed by atoms with Crippen molar-refractivity contribution in [1.29, 1.82) is 0 Å². The van der Waals surface area contributed by atoms with Crippen LogP contribution in [0.3, 0.4) is 0 Å². The summed E-state index contributed by atoms with van der Waals surface area (Å²) in [5.74, 6) is 0.0282. The maximum atomic E-state index is 13.7. The Kier molecular flexibility index (Phi) is 4.58. The summed E-state index contributed by atoms with van der Waals surface area (Å²) in [7, 11) is 0. The highest BCUT2D eigenvalue weighted by Gasteiger charge is 2.23. The van der Waals surface area contributed by atoms with E-state index in [9.17, 15) is 9.59 Å². The highest BCUT2D eigenvalue weighted by Crippen LogP contribution is 2.32. The van der Waals surface area contributed by atoms with Crippen LogP contribution in [0.15, 0.2) is 102 Å². The number of aromatic nitrogens is 1. The van der Waals surface area contributed by atoms with Crippen LogP contribution in [-0.2, 0) is 24.4 Å². The van der Waals surface area contributed by atoms with E-state index in [1.165, 1.54) is 11.1 Å². The zero-order chi connectivity index (χ0) is 22.4. The molecule has 0 fully saturated rings. The van der Waals surface area contributed by atoms with E-state index < -0.39 is 0 Å². The molecule has 1 aliphatic heterocycles. The molecule has 160 valence electrons. The van der Waals surface area contributed by atoms with Gasteiger partial charge in [0, 0.05) is 23.9 Å². The third-order valence-electron chi connectivity index (χ3n) is 6.57. The van der Waals surface area contributed by atoms with Crippen molar-refractivity contribution in [1.82, 2.24) is 9.47 Å². The number of carbonyl (C=O) groups is 1. The lowest BCUT2D eigenvalue weighted by Crippen LogP contribution is -2.33. The van der Waals surface area contributed by atoms with Crippen LogP contribution in [0, 0.1) is 0 Å². The lowest BCUT2D eigenvalue weighted by molar-refractivity contribution is -0.132. The normalized spacial score (nSPS) is 12.9. The minimum Gasteiger partial charge on any atom is -0.332 e. The van der Waals surface area contributed by atoms with Gasteiger partial charge in [-0.15, -0.1) is 0 Å². The Morgan fingerprint density at radius 1 is 0.636 bits per heavy atom. The quantitative estimate of drug-likeness (QED) is 0.354. The van der Waals surface area contributed by atoms with Crippen LogP contribution in [0.2, 0.25) is 0 Å². The van der Waals surface area contributed by atoms with Crippen molar-refractivity contribution in [3.63, 3.8) is 0 Å². The summed E-state index contributed by atoms with van der Waals surface area (Å²) in [6.07, 6.45) is 0. The van der Waals surface area contributed by atoms with Gasteiger partial charge in [-0.3, -0.25) is 9.59 Å². The smallest absolute Gasteiger partial charge is 0.243 e. The average molecular weight is 431 g/mol. The molecule has 4 nitrogen and oxygen atoms in total. The van der Waals surface area contributed by atoms with Gasteiger partial charge in [0.15, 0.2) is 5.43 Å². The molecule has 1 amide bonds. The van der Waals surface area contributed by atoms with E-state index in [1.807, 2.05) is 82.3 Å². The van der Waals surface area contributed by atoms with E-state index in [0.29, 0.717) is 23.9 Å². The molecule has 4 heteroatoms. The fraction of sp³-hybridized carbons (Fsp3) is 0.103. The lowest BCUT2D eigenvalue weighted by Gasteiger charge is -2.23. The molecular formula is C29H22N2O2. The van der Waals surface area contributed by atoms with Gasteiger partial charge in [-0.25, -0.2) is 0 Å². The molecule has 0 radical (unpaired) electrons. The van der Waals surface area contributed by atoms with E-state index >= 15 is 0 Å². The largest absolute Gasteiger partial charge is 0.332 e. The summed E-state index contributed by atoms with van der Waals surface area (Å²) in [4.78, 5) is 28.7. The molecule has 0 atom stereocenters. The Labute approximate surface area is 191 Å². The van der Waals surface area contributed by atoms with Gasteiger partial charge in [-0.1, -0.05) is 72.8 Å². The molecule has 0 saturated carbocycles. The van der Waals surface area contributed by atoms with Crippen LogP contribution in [0.4, 0.5) is 0 Å². The van der Waals surface area contributed by atoms with Crippen LogP contribution in [0.25, 0.3) is 32.9 Å². The molecular weight excluding hydrogens is 408 g/mol. The lowest BCUT2D eigenvalue weighted by atomic mass is 9.97. The van der Waals surface area contributed by atoms with Gasteiger partial charge in [-0.2, -0.15) is 0 Å². The third-order valence-corrected chi connectivity index (χ3v) is 6.57. The van der Waals surface area contributed by atoms with Crippen molar-refractivity contribution in [2.45, 2.75) is 19.6 Å². The fourth-order valence-corrected chi connectivity index (χ4v) is 4.97. The van der Waals surface area contributed by atoms with Gasteiger partial charge < -0.3 is 9.47 Å². The summed E-state index contributed by atoms with van der Waals surface area (Å²) in [5, 5.41) is 1.27. The molecule has 0 unspecified atom stereocenters. The monoisotopic (exact) mass is 430 g/mol. The molecule has 0 bridgehead atoms. The van der Waals surface area contributed by atoms with Gasteiger partial charge in [0.25, 0.3) is 0 Å². The summed E-state index contributed by atoms with van der Waals surface area (Å²) in [6, 6.07) is 31.7. The first-order chi connectivity index (χ1) is 16.2. The standard InChI is InChI=1S/C29H22N2O2/c32-28(30-17-20-9-1-3-11-22(20)23-12-4-2-10-21(23)18-30)19-31-26-15-7-5-13-24(26)29(33)25-14-6-8-16-27(25)31/h1-16H,17-19H2. The van der Waals surface area contributed by atoms with Crippen LogP contribution < -0.4 is 5.43 Å². The molecule has 5 aromatic rings. The number of fused-ring (bicyclic) bond motifs is 5. The van der Waals surface area contributed by atoms with E-state index in [4.69, 9.17) is 0 Å². The van der Waals surface area contributed by atoms with Gasteiger partial charge in [0.1, 0.15) is 6.54 Å². The zero-order valence-electron chi connectivity index (χ0n) is 18.1.